The average molecular weight is 561 g/mol. The number of aldehydes is 1. The molecule has 0 saturated carbocycles. The molecule has 0 bridgehead atoms. The van der Waals surface area contributed by atoms with E-state index in [2.05, 4.69) is 35.6 Å². The van der Waals surface area contributed by atoms with E-state index >= 15 is 0 Å². The van der Waals surface area contributed by atoms with E-state index in [9.17, 15) is 19.8 Å². The third kappa shape index (κ3) is 7.05. The predicted octanol–water partition coefficient (Wildman–Crippen LogP) is 6.38. The lowest BCUT2D eigenvalue weighted by Crippen LogP contribution is -2.37. The first-order valence-electron chi connectivity index (χ1n) is 10.3. The first kappa shape index (κ1) is 25.9. The lowest BCUT2D eigenvalue weighted by molar-refractivity contribution is -0.135. The fraction of sp³-hybridized carbons (Fsp3) is 0.500. The number of ether oxygens (including phenoxy) is 1. The number of halogens is 2. The van der Waals surface area contributed by atoms with Gasteiger partial charge in [0.25, 0.3) is 0 Å². The molecule has 0 spiro atoms. The molecule has 0 radical (unpaired) electrons. The molecule has 1 fully saturated rings. The van der Waals surface area contributed by atoms with Crippen molar-refractivity contribution in [3.8, 4) is 11.5 Å². The van der Waals surface area contributed by atoms with Crippen molar-refractivity contribution in [2.45, 2.75) is 75.9 Å². The average Bonchev–Trinajstić information content (AvgIpc) is 2.65. The van der Waals surface area contributed by atoms with Gasteiger partial charge in [0, 0.05) is 18.4 Å². The van der Waals surface area contributed by atoms with Gasteiger partial charge in [0.2, 0.25) is 0 Å². The summed E-state index contributed by atoms with van der Waals surface area (Å²) in [6.45, 7) is 7.56. The van der Waals surface area contributed by atoms with E-state index < -0.39 is 3.61 Å². The van der Waals surface area contributed by atoms with Gasteiger partial charge in [0.1, 0.15) is 20.9 Å². The molecule has 1 aromatic rings. The molecule has 0 unspecified atom stereocenters. The third-order valence-electron chi connectivity index (χ3n) is 5.50. The van der Waals surface area contributed by atoms with E-state index in [1.54, 1.807) is 6.92 Å². The van der Waals surface area contributed by atoms with E-state index in [0.29, 0.717) is 24.7 Å². The molecule has 1 aliphatic heterocycles. The van der Waals surface area contributed by atoms with Crippen molar-refractivity contribution in [3.05, 3.63) is 45.0 Å². The van der Waals surface area contributed by atoms with Crippen LogP contribution in [-0.4, -0.2) is 32.0 Å². The molecule has 1 aromatic carbocycles. The van der Waals surface area contributed by atoms with Gasteiger partial charge in [-0.1, -0.05) is 34.9 Å². The number of hydrogen-bond donors (Lipinski definition) is 2. The van der Waals surface area contributed by atoms with Crippen LogP contribution in [0.2, 0.25) is 5.02 Å². The Morgan fingerprint density at radius 3 is 2.55 bits per heavy atom. The second kappa shape index (κ2) is 11.0. The number of hydrogen-bond acceptors (Lipinski definition) is 5. The number of alkyl halides is 1. The Morgan fingerprint density at radius 1 is 1.26 bits per heavy atom. The fourth-order valence-electron chi connectivity index (χ4n) is 3.81. The zero-order valence-electron chi connectivity index (χ0n) is 18.4. The van der Waals surface area contributed by atoms with E-state index in [0.717, 1.165) is 24.8 Å². The third-order valence-corrected chi connectivity index (χ3v) is 6.60. The van der Waals surface area contributed by atoms with Crippen molar-refractivity contribution in [3.63, 3.8) is 0 Å². The molecule has 1 saturated heterocycles. The molecule has 7 heteroatoms. The Kier molecular flexibility index (Phi) is 9.15. The van der Waals surface area contributed by atoms with Gasteiger partial charge < -0.3 is 14.9 Å². The summed E-state index contributed by atoms with van der Waals surface area (Å²) in [4.78, 5) is 23.2. The molecule has 2 atom stereocenters. The van der Waals surface area contributed by atoms with Crippen molar-refractivity contribution in [1.29, 1.82) is 0 Å². The Hall–Kier alpha value is -1.38. The second-order valence-electron chi connectivity index (χ2n) is 8.46. The van der Waals surface area contributed by atoms with Crippen molar-refractivity contribution in [1.82, 2.24) is 0 Å². The minimum absolute atomic E-state index is 0.0692. The molecule has 2 rings (SSSR count). The summed E-state index contributed by atoms with van der Waals surface area (Å²) in [5, 5.41) is 20.7. The number of ketones is 1. The molecule has 0 aromatic heterocycles. The van der Waals surface area contributed by atoms with Gasteiger partial charge in [0.05, 0.1) is 16.7 Å². The quantitative estimate of drug-likeness (QED) is 0.167. The minimum atomic E-state index is -0.420. The van der Waals surface area contributed by atoms with Crippen LogP contribution in [-0.2, 0) is 16.0 Å². The van der Waals surface area contributed by atoms with Crippen molar-refractivity contribution < 1.29 is 24.5 Å². The van der Waals surface area contributed by atoms with Gasteiger partial charge in [-0.05, 0) is 81.5 Å². The first-order valence-corrected chi connectivity index (χ1v) is 11.8. The van der Waals surface area contributed by atoms with E-state index in [1.807, 2.05) is 19.9 Å². The van der Waals surface area contributed by atoms with Crippen LogP contribution in [0.15, 0.2) is 23.3 Å². The lowest BCUT2D eigenvalue weighted by atomic mass is 9.97. The molecule has 31 heavy (non-hydrogen) atoms. The van der Waals surface area contributed by atoms with Crippen LogP contribution in [0.3, 0.4) is 0 Å². The van der Waals surface area contributed by atoms with E-state index in [1.165, 1.54) is 5.57 Å². The maximum absolute atomic E-state index is 11.9. The Morgan fingerprint density at radius 2 is 1.94 bits per heavy atom. The summed E-state index contributed by atoms with van der Waals surface area (Å²) in [5.74, 6) is -0.162. The largest absolute Gasteiger partial charge is 0.507 e. The predicted molar refractivity (Wildman–Crippen MR) is 132 cm³/mol. The van der Waals surface area contributed by atoms with Crippen molar-refractivity contribution >= 4 is 46.3 Å². The van der Waals surface area contributed by atoms with Gasteiger partial charge in [0.15, 0.2) is 6.29 Å². The maximum Gasteiger partial charge on any atom is 0.154 e. The highest BCUT2D eigenvalue weighted by molar-refractivity contribution is 14.1. The van der Waals surface area contributed by atoms with E-state index in [-0.39, 0.29) is 46.0 Å². The van der Waals surface area contributed by atoms with Gasteiger partial charge in [-0.15, -0.1) is 0 Å². The highest BCUT2D eigenvalue weighted by Gasteiger charge is 2.34. The number of rotatable bonds is 8. The lowest BCUT2D eigenvalue weighted by Gasteiger charge is -2.33. The summed E-state index contributed by atoms with van der Waals surface area (Å²) < 4.78 is 5.60. The number of phenols is 2. The Balaban J connectivity index is 1.96. The summed E-state index contributed by atoms with van der Waals surface area (Å²) in [6, 6.07) is 0. The van der Waals surface area contributed by atoms with Gasteiger partial charge >= 0.3 is 0 Å². The van der Waals surface area contributed by atoms with Crippen LogP contribution >= 0.6 is 34.2 Å². The minimum Gasteiger partial charge on any atom is -0.507 e. The molecular weight excluding hydrogens is 531 g/mol. The molecular formula is C24H30ClIO5. The SMILES string of the molecule is C/C(=C\Cc1c(O)c(Cl)c(C)c(C=O)c1O)CC/C=C(\C)C[C@@H]1CC(=O)C[C@@](C)(I)O1. The topological polar surface area (TPSA) is 83.8 Å². The Bertz CT molecular complexity index is 917. The van der Waals surface area contributed by atoms with Crippen LogP contribution in [0.5, 0.6) is 11.5 Å². The summed E-state index contributed by atoms with van der Waals surface area (Å²) in [5.41, 5.74) is 3.01. The molecule has 1 heterocycles. The number of carbonyl (C=O) groups is 2. The fourth-order valence-corrected chi connectivity index (χ4v) is 4.81. The summed E-state index contributed by atoms with van der Waals surface area (Å²) >= 11 is 8.30. The van der Waals surface area contributed by atoms with Crippen molar-refractivity contribution in [2.75, 3.05) is 0 Å². The molecule has 0 amide bonds. The highest BCUT2D eigenvalue weighted by Crippen LogP contribution is 2.40. The zero-order chi connectivity index (χ0) is 23.3. The molecule has 1 aliphatic rings. The monoisotopic (exact) mass is 560 g/mol. The Labute approximate surface area is 202 Å². The molecule has 2 N–H and O–H groups in total. The van der Waals surface area contributed by atoms with Crippen LogP contribution in [0.1, 0.15) is 74.4 Å². The highest BCUT2D eigenvalue weighted by atomic mass is 127. The van der Waals surface area contributed by atoms with Gasteiger partial charge in [-0.3, -0.25) is 9.59 Å². The van der Waals surface area contributed by atoms with Crippen LogP contribution in [0.4, 0.5) is 0 Å². The van der Waals surface area contributed by atoms with Crippen LogP contribution in [0, 0.1) is 6.92 Å². The van der Waals surface area contributed by atoms with Gasteiger partial charge in [-0.25, -0.2) is 0 Å². The van der Waals surface area contributed by atoms with Crippen LogP contribution < -0.4 is 0 Å². The van der Waals surface area contributed by atoms with E-state index in [4.69, 9.17) is 16.3 Å². The molecule has 5 nitrogen and oxygen atoms in total. The normalized spacial score (nSPS) is 22.6. The number of phenolic OH excluding ortho intramolecular Hbond substituents is 2. The zero-order valence-corrected chi connectivity index (χ0v) is 21.3. The number of carbonyl (C=O) groups excluding carboxylic acids is 2. The summed E-state index contributed by atoms with van der Waals surface area (Å²) in [7, 11) is 0. The first-order chi connectivity index (χ1) is 14.4. The number of allylic oxidation sites excluding steroid dienone is 3. The van der Waals surface area contributed by atoms with Crippen molar-refractivity contribution in [2.24, 2.45) is 0 Å². The molecule has 170 valence electrons. The summed E-state index contributed by atoms with van der Waals surface area (Å²) in [6.07, 6.45) is 8.16. The number of Topliss-reactive ketones (excluding diaryl/α,β-unsaturated/α-hetero) is 1. The second-order valence-corrected chi connectivity index (χ2v) is 11.1. The standard InChI is InChI=1S/C24H30ClIO5/c1-14(8-9-19-22(29)20(13-27)16(3)21(25)23(19)30)6-5-7-15(2)10-18-11-17(28)12-24(4,26)31-18/h7-8,13,18,29-30H,5-6,9-12H2,1-4H3/b14-8+,15-7+/t18-,24+/m1/s1. The number of aromatic hydroxyl groups is 2. The number of benzene rings is 1. The molecule has 0 aliphatic carbocycles. The maximum atomic E-state index is 11.9. The van der Waals surface area contributed by atoms with Crippen LogP contribution in [0.25, 0.3) is 0 Å². The van der Waals surface area contributed by atoms with Gasteiger partial charge in [-0.2, -0.15) is 0 Å². The smallest absolute Gasteiger partial charge is 0.154 e.